The second kappa shape index (κ2) is 10.00. The van der Waals surface area contributed by atoms with E-state index in [1.165, 1.54) is 11.1 Å². The molecule has 0 saturated carbocycles. The standard InChI is InChI=1S/C22H24N2OS/c26-22-10-8-21(9-11-22)25-13-5-4-12-23-15-18-14-20(17-24-16-18)19-6-2-1-3-7-19/h1-3,6-10,14,16-17,23H,4-5,11-13,15H2. The third kappa shape index (κ3) is 5.90. The summed E-state index contributed by atoms with van der Waals surface area (Å²) in [5, 5.41) is 3.48. The van der Waals surface area contributed by atoms with Gasteiger partial charge in [-0.1, -0.05) is 42.5 Å². The van der Waals surface area contributed by atoms with E-state index in [2.05, 4.69) is 40.6 Å². The van der Waals surface area contributed by atoms with E-state index in [0.717, 1.165) is 55.1 Å². The van der Waals surface area contributed by atoms with E-state index >= 15 is 0 Å². The third-order valence-corrected chi connectivity index (χ3v) is 4.49. The predicted octanol–water partition coefficient (Wildman–Crippen LogP) is 4.85. The van der Waals surface area contributed by atoms with E-state index in [0.29, 0.717) is 0 Å². The Morgan fingerprint density at radius 2 is 1.92 bits per heavy atom. The van der Waals surface area contributed by atoms with Gasteiger partial charge in [0.15, 0.2) is 0 Å². The quantitative estimate of drug-likeness (QED) is 0.509. The van der Waals surface area contributed by atoms with Crippen molar-refractivity contribution in [1.29, 1.82) is 0 Å². The maximum absolute atomic E-state index is 5.74. The van der Waals surface area contributed by atoms with Gasteiger partial charge in [0, 0.05) is 35.8 Å². The molecule has 3 nitrogen and oxygen atoms in total. The maximum Gasteiger partial charge on any atom is 0.115 e. The van der Waals surface area contributed by atoms with Gasteiger partial charge in [0.25, 0.3) is 0 Å². The summed E-state index contributed by atoms with van der Waals surface area (Å²) < 4.78 is 5.74. The molecule has 3 rings (SSSR count). The molecular formula is C22H24N2OS. The zero-order valence-electron chi connectivity index (χ0n) is 14.9. The molecule has 0 saturated heterocycles. The molecule has 2 aromatic rings. The van der Waals surface area contributed by atoms with Crippen molar-refractivity contribution in [2.45, 2.75) is 25.8 Å². The molecule has 0 unspecified atom stereocenters. The fourth-order valence-electron chi connectivity index (χ4n) is 2.77. The van der Waals surface area contributed by atoms with Crippen LogP contribution < -0.4 is 5.32 Å². The van der Waals surface area contributed by atoms with Crippen molar-refractivity contribution in [1.82, 2.24) is 10.3 Å². The van der Waals surface area contributed by atoms with Gasteiger partial charge in [0.2, 0.25) is 0 Å². The smallest absolute Gasteiger partial charge is 0.115 e. The number of aromatic nitrogens is 1. The number of rotatable bonds is 9. The van der Waals surface area contributed by atoms with Crippen LogP contribution in [0.15, 0.2) is 72.8 Å². The lowest BCUT2D eigenvalue weighted by Gasteiger charge is -2.10. The van der Waals surface area contributed by atoms with E-state index in [1.54, 1.807) is 0 Å². The number of nitrogens with zero attached hydrogens (tertiary/aromatic N) is 1. The summed E-state index contributed by atoms with van der Waals surface area (Å²) in [4.78, 5) is 5.33. The van der Waals surface area contributed by atoms with Crippen LogP contribution in [0.4, 0.5) is 0 Å². The van der Waals surface area contributed by atoms with Crippen molar-refractivity contribution in [3.63, 3.8) is 0 Å². The summed E-state index contributed by atoms with van der Waals surface area (Å²) in [6.07, 6.45) is 12.7. The minimum absolute atomic E-state index is 0.746. The van der Waals surface area contributed by atoms with Gasteiger partial charge in [-0.2, -0.15) is 0 Å². The lowest BCUT2D eigenvalue weighted by molar-refractivity contribution is 0.216. The number of hydrogen-bond donors (Lipinski definition) is 1. The number of hydrogen-bond acceptors (Lipinski definition) is 4. The summed E-state index contributed by atoms with van der Waals surface area (Å²) in [5.74, 6) is 0.940. The van der Waals surface area contributed by atoms with E-state index in [-0.39, 0.29) is 0 Å². The second-order valence-electron chi connectivity index (χ2n) is 6.29. The lowest BCUT2D eigenvalue weighted by atomic mass is 10.1. The molecule has 0 radical (unpaired) electrons. The van der Waals surface area contributed by atoms with Crippen LogP contribution in [0.3, 0.4) is 0 Å². The van der Waals surface area contributed by atoms with Crippen molar-refractivity contribution >= 4 is 17.1 Å². The van der Waals surface area contributed by atoms with Crippen LogP contribution in [0, 0.1) is 0 Å². The number of unbranched alkanes of at least 4 members (excludes halogenated alkanes) is 1. The van der Waals surface area contributed by atoms with Crippen LogP contribution in [0.5, 0.6) is 0 Å². The maximum atomic E-state index is 5.74. The number of allylic oxidation sites excluding steroid dienone is 3. The number of pyridine rings is 1. The highest BCUT2D eigenvalue weighted by molar-refractivity contribution is 7.80. The molecule has 1 aromatic carbocycles. The van der Waals surface area contributed by atoms with Gasteiger partial charge in [-0.3, -0.25) is 4.98 Å². The van der Waals surface area contributed by atoms with Gasteiger partial charge in [-0.15, -0.1) is 0 Å². The van der Waals surface area contributed by atoms with Gasteiger partial charge in [0.05, 0.1) is 6.61 Å². The minimum Gasteiger partial charge on any atom is -0.494 e. The van der Waals surface area contributed by atoms with Crippen LogP contribution in [-0.4, -0.2) is 23.0 Å². The summed E-state index contributed by atoms with van der Waals surface area (Å²) >= 11 is 5.12. The lowest BCUT2D eigenvalue weighted by Crippen LogP contribution is -2.15. The highest BCUT2D eigenvalue weighted by atomic mass is 32.1. The average Bonchev–Trinajstić information content (AvgIpc) is 2.69. The molecule has 0 atom stereocenters. The second-order valence-corrected chi connectivity index (χ2v) is 6.81. The molecule has 26 heavy (non-hydrogen) atoms. The first-order chi connectivity index (χ1) is 12.8. The van der Waals surface area contributed by atoms with Gasteiger partial charge < -0.3 is 10.1 Å². The SMILES string of the molecule is S=C1C=CC(OCCCCNCc2cncc(-c3ccccc3)c2)=CC1. The Labute approximate surface area is 160 Å². The Kier molecular flexibility index (Phi) is 7.11. The van der Waals surface area contributed by atoms with E-state index < -0.39 is 0 Å². The molecule has 1 aromatic heterocycles. The van der Waals surface area contributed by atoms with Crippen molar-refractivity contribution in [2.75, 3.05) is 13.2 Å². The molecule has 0 amide bonds. The molecule has 0 spiro atoms. The van der Waals surface area contributed by atoms with E-state index in [4.69, 9.17) is 17.0 Å². The van der Waals surface area contributed by atoms with Crippen LogP contribution in [0.2, 0.25) is 0 Å². The van der Waals surface area contributed by atoms with E-state index in [1.807, 2.05) is 36.7 Å². The first-order valence-electron chi connectivity index (χ1n) is 9.05. The topological polar surface area (TPSA) is 34.1 Å². The molecule has 0 fully saturated rings. The average molecular weight is 365 g/mol. The van der Waals surface area contributed by atoms with Crippen LogP contribution in [0.1, 0.15) is 24.8 Å². The predicted molar refractivity (Wildman–Crippen MR) is 111 cm³/mol. The van der Waals surface area contributed by atoms with E-state index in [9.17, 15) is 0 Å². The van der Waals surface area contributed by atoms with Crippen LogP contribution >= 0.6 is 12.2 Å². The minimum atomic E-state index is 0.746. The van der Waals surface area contributed by atoms with Crippen LogP contribution in [0.25, 0.3) is 11.1 Å². The summed E-state index contributed by atoms with van der Waals surface area (Å²) in [5.41, 5.74) is 3.56. The number of benzene rings is 1. The fourth-order valence-corrected chi connectivity index (χ4v) is 2.92. The monoisotopic (exact) mass is 364 g/mol. The Hall–Kier alpha value is -2.30. The first-order valence-corrected chi connectivity index (χ1v) is 9.46. The fraction of sp³-hybridized carbons (Fsp3) is 0.273. The molecule has 0 aliphatic heterocycles. The number of nitrogens with one attached hydrogen (secondary N) is 1. The molecule has 1 N–H and O–H groups in total. The highest BCUT2D eigenvalue weighted by Gasteiger charge is 2.02. The van der Waals surface area contributed by atoms with Crippen LogP contribution in [-0.2, 0) is 11.3 Å². The zero-order chi connectivity index (χ0) is 18.0. The van der Waals surface area contributed by atoms with Crippen molar-refractivity contribution in [3.05, 3.63) is 78.3 Å². The molecular weight excluding hydrogens is 340 g/mol. The zero-order valence-corrected chi connectivity index (χ0v) is 15.7. The van der Waals surface area contributed by atoms with Gasteiger partial charge in [-0.25, -0.2) is 0 Å². The third-order valence-electron chi connectivity index (χ3n) is 4.19. The van der Waals surface area contributed by atoms with Crippen molar-refractivity contribution in [2.24, 2.45) is 0 Å². The molecule has 1 heterocycles. The number of ether oxygens (including phenoxy) is 1. The largest absolute Gasteiger partial charge is 0.494 e. The van der Waals surface area contributed by atoms with Gasteiger partial charge in [0.1, 0.15) is 5.76 Å². The summed E-state index contributed by atoms with van der Waals surface area (Å²) in [6, 6.07) is 12.6. The Bertz CT molecular complexity index is 784. The first kappa shape index (κ1) is 18.5. The molecule has 1 aliphatic rings. The number of thiocarbonyl (C=S) groups is 1. The molecule has 0 bridgehead atoms. The van der Waals surface area contributed by atoms with Crippen molar-refractivity contribution in [3.8, 4) is 11.1 Å². The highest BCUT2D eigenvalue weighted by Crippen LogP contribution is 2.18. The Morgan fingerprint density at radius 1 is 1.04 bits per heavy atom. The summed E-state index contributed by atoms with van der Waals surface area (Å²) in [6.45, 7) is 2.55. The Morgan fingerprint density at radius 3 is 2.73 bits per heavy atom. The normalized spacial score (nSPS) is 13.5. The van der Waals surface area contributed by atoms with Crippen molar-refractivity contribution < 1.29 is 4.74 Å². The Balaban J connectivity index is 1.33. The summed E-state index contributed by atoms with van der Waals surface area (Å²) in [7, 11) is 0. The molecule has 1 aliphatic carbocycles. The molecule has 134 valence electrons. The van der Waals surface area contributed by atoms with Gasteiger partial charge >= 0.3 is 0 Å². The van der Waals surface area contributed by atoms with Gasteiger partial charge in [-0.05, 0) is 54.8 Å². The molecule has 4 heteroatoms.